The number of aromatic hydroxyl groups is 1. The van der Waals surface area contributed by atoms with Crippen molar-refractivity contribution in [3.8, 4) is 5.88 Å². The minimum Gasteiger partial charge on any atom is -0.493 e. The lowest BCUT2D eigenvalue weighted by Gasteiger charge is -2.04. The van der Waals surface area contributed by atoms with E-state index in [0.717, 1.165) is 33.9 Å². The van der Waals surface area contributed by atoms with Gasteiger partial charge in [0.1, 0.15) is 0 Å². The number of nitrogens with zero attached hydrogens (tertiary/aromatic N) is 3. The molecule has 0 saturated heterocycles. The van der Waals surface area contributed by atoms with E-state index >= 15 is 0 Å². The van der Waals surface area contributed by atoms with Gasteiger partial charge in [-0.1, -0.05) is 41.7 Å². The van der Waals surface area contributed by atoms with Gasteiger partial charge >= 0.3 is 4.87 Å². The van der Waals surface area contributed by atoms with Crippen LogP contribution in [0.1, 0.15) is 22.9 Å². The highest BCUT2D eigenvalue weighted by molar-refractivity contribution is 7.10. The molecule has 0 fully saturated rings. The number of non-ortho nitro benzene ring substituents is 1. The van der Waals surface area contributed by atoms with E-state index in [-0.39, 0.29) is 23.0 Å². The van der Waals surface area contributed by atoms with E-state index < -0.39 is 4.92 Å². The molecule has 0 saturated carbocycles. The van der Waals surface area contributed by atoms with Gasteiger partial charge in [0, 0.05) is 29.0 Å². The van der Waals surface area contributed by atoms with Gasteiger partial charge in [0.2, 0.25) is 5.88 Å². The molecule has 2 heterocycles. The first-order valence-corrected chi connectivity index (χ1v) is 9.28. The minimum absolute atomic E-state index is 0.0225. The highest BCUT2D eigenvalue weighted by atomic mass is 32.1. The number of nitro benzene ring substituents is 1. The molecule has 0 spiro atoms. The number of rotatable bonds is 4. The summed E-state index contributed by atoms with van der Waals surface area (Å²) < 4.78 is 1.26. The topological polar surface area (TPSA) is 97.7 Å². The molecule has 0 bridgehead atoms. The Morgan fingerprint density at radius 1 is 1.21 bits per heavy atom. The summed E-state index contributed by atoms with van der Waals surface area (Å²) in [7, 11) is 0. The van der Waals surface area contributed by atoms with Crippen LogP contribution in [-0.2, 0) is 6.54 Å². The summed E-state index contributed by atoms with van der Waals surface area (Å²) in [5, 5.41) is 21.3. The van der Waals surface area contributed by atoms with Gasteiger partial charge in [0.25, 0.3) is 5.69 Å². The summed E-state index contributed by atoms with van der Waals surface area (Å²) in [6.07, 6.45) is 1.78. The van der Waals surface area contributed by atoms with E-state index in [2.05, 4.69) is 4.99 Å². The monoisotopic (exact) mass is 393 g/mol. The molecule has 2 aromatic carbocycles. The predicted molar refractivity (Wildman–Crippen MR) is 110 cm³/mol. The first-order chi connectivity index (χ1) is 13.4. The SMILES string of the molecule is CC1=Nc2ccccc2C1=Cc1sc(=O)n(Cc2ccc([N+](=O)[O-])cc2)c1O. The van der Waals surface area contributed by atoms with E-state index in [1.165, 1.54) is 16.7 Å². The van der Waals surface area contributed by atoms with E-state index in [1.54, 1.807) is 18.2 Å². The number of nitro groups is 1. The highest BCUT2D eigenvalue weighted by Crippen LogP contribution is 2.37. The average Bonchev–Trinajstić information content (AvgIpc) is 3.13. The Kier molecular flexibility index (Phi) is 4.40. The fourth-order valence-corrected chi connectivity index (χ4v) is 3.93. The van der Waals surface area contributed by atoms with Gasteiger partial charge in [-0.25, -0.2) is 0 Å². The molecule has 28 heavy (non-hydrogen) atoms. The molecule has 0 amide bonds. The molecule has 140 valence electrons. The average molecular weight is 393 g/mol. The Labute approximate surface area is 163 Å². The largest absolute Gasteiger partial charge is 0.493 e. The van der Waals surface area contributed by atoms with Crippen molar-refractivity contribution in [1.82, 2.24) is 4.57 Å². The molecule has 3 aromatic rings. The molecule has 1 N–H and O–H groups in total. The molecule has 1 aromatic heterocycles. The van der Waals surface area contributed by atoms with Gasteiger partial charge in [0.05, 0.1) is 22.0 Å². The van der Waals surface area contributed by atoms with Crippen molar-refractivity contribution in [2.45, 2.75) is 13.5 Å². The van der Waals surface area contributed by atoms with Gasteiger partial charge in [-0.3, -0.25) is 24.5 Å². The number of hydrogen-bond donors (Lipinski definition) is 1. The third-order valence-corrected chi connectivity index (χ3v) is 5.44. The summed E-state index contributed by atoms with van der Waals surface area (Å²) in [5.41, 5.74) is 4.18. The van der Waals surface area contributed by atoms with Crippen molar-refractivity contribution < 1.29 is 10.0 Å². The first-order valence-electron chi connectivity index (χ1n) is 8.47. The summed E-state index contributed by atoms with van der Waals surface area (Å²) in [6, 6.07) is 13.6. The predicted octanol–water partition coefficient (Wildman–Crippen LogP) is 4.22. The maximum absolute atomic E-state index is 12.4. The van der Waals surface area contributed by atoms with E-state index in [0.29, 0.717) is 10.4 Å². The van der Waals surface area contributed by atoms with Crippen LogP contribution in [0.25, 0.3) is 11.6 Å². The second-order valence-corrected chi connectivity index (χ2v) is 7.33. The lowest BCUT2D eigenvalue weighted by molar-refractivity contribution is -0.384. The number of aromatic nitrogens is 1. The normalized spacial score (nSPS) is 14.2. The fraction of sp³-hybridized carbons (Fsp3) is 0.100. The molecule has 1 aliphatic rings. The maximum atomic E-state index is 12.4. The zero-order valence-electron chi connectivity index (χ0n) is 14.8. The maximum Gasteiger partial charge on any atom is 0.310 e. The lowest BCUT2D eigenvalue weighted by atomic mass is 10.0. The zero-order valence-corrected chi connectivity index (χ0v) is 15.6. The van der Waals surface area contributed by atoms with Crippen LogP contribution in [0.15, 0.2) is 58.3 Å². The van der Waals surface area contributed by atoms with Crippen LogP contribution < -0.4 is 4.87 Å². The van der Waals surface area contributed by atoms with Gasteiger partial charge in [-0.05, 0) is 24.6 Å². The van der Waals surface area contributed by atoms with Crippen molar-refractivity contribution >= 4 is 40.1 Å². The molecule has 1 aliphatic heterocycles. The molecule has 0 aliphatic carbocycles. The third kappa shape index (κ3) is 3.14. The van der Waals surface area contributed by atoms with Gasteiger partial charge in [0.15, 0.2) is 0 Å². The van der Waals surface area contributed by atoms with Crippen molar-refractivity contribution in [2.24, 2.45) is 4.99 Å². The van der Waals surface area contributed by atoms with Crippen LogP contribution >= 0.6 is 11.3 Å². The summed E-state index contributed by atoms with van der Waals surface area (Å²) >= 11 is 0.950. The highest BCUT2D eigenvalue weighted by Gasteiger charge is 2.20. The second-order valence-electron chi connectivity index (χ2n) is 6.34. The van der Waals surface area contributed by atoms with Gasteiger partial charge in [-0.15, -0.1) is 0 Å². The third-order valence-electron chi connectivity index (χ3n) is 4.53. The second kappa shape index (κ2) is 6.90. The number of allylic oxidation sites excluding steroid dienone is 1. The van der Waals surface area contributed by atoms with Gasteiger partial charge < -0.3 is 5.11 Å². The van der Waals surface area contributed by atoms with Crippen LogP contribution in [0.4, 0.5) is 11.4 Å². The fourth-order valence-electron chi connectivity index (χ4n) is 3.10. The first kappa shape index (κ1) is 17.9. The van der Waals surface area contributed by atoms with Crippen LogP contribution in [0.5, 0.6) is 5.88 Å². The molecule has 8 heteroatoms. The Morgan fingerprint density at radius 3 is 2.64 bits per heavy atom. The molecule has 4 rings (SSSR count). The molecule has 0 unspecified atom stereocenters. The summed E-state index contributed by atoms with van der Waals surface area (Å²) in [4.78, 5) is 27.3. The number of aliphatic imine (C=N–C) groups is 1. The van der Waals surface area contributed by atoms with E-state index in [1.807, 2.05) is 31.2 Å². The number of thiazole rings is 1. The van der Waals surface area contributed by atoms with E-state index in [4.69, 9.17) is 0 Å². The Hall–Kier alpha value is -3.52. The Bertz CT molecular complexity index is 1200. The summed E-state index contributed by atoms with van der Waals surface area (Å²) in [6.45, 7) is 2.02. The molecule has 7 nitrogen and oxygen atoms in total. The molecular weight excluding hydrogens is 378 g/mol. The van der Waals surface area contributed by atoms with Gasteiger partial charge in [-0.2, -0.15) is 0 Å². The van der Waals surface area contributed by atoms with Crippen LogP contribution in [0, 0.1) is 10.1 Å². The smallest absolute Gasteiger partial charge is 0.310 e. The molecular formula is C20H15N3O4S. The number of para-hydroxylation sites is 1. The Balaban J connectivity index is 1.68. The molecule has 0 radical (unpaired) electrons. The van der Waals surface area contributed by atoms with Crippen molar-refractivity contribution in [3.05, 3.63) is 84.3 Å². The molecule has 0 atom stereocenters. The van der Waals surface area contributed by atoms with Crippen molar-refractivity contribution in [3.63, 3.8) is 0 Å². The number of benzene rings is 2. The lowest BCUT2D eigenvalue weighted by Crippen LogP contribution is -2.13. The van der Waals surface area contributed by atoms with Crippen LogP contribution in [0.3, 0.4) is 0 Å². The minimum atomic E-state index is -0.481. The summed E-state index contributed by atoms with van der Waals surface area (Å²) in [5.74, 6) is -0.127. The number of fused-ring (bicyclic) bond motifs is 1. The quantitative estimate of drug-likeness (QED) is 0.530. The van der Waals surface area contributed by atoms with Crippen LogP contribution in [-0.4, -0.2) is 20.3 Å². The Morgan fingerprint density at radius 2 is 1.93 bits per heavy atom. The zero-order chi connectivity index (χ0) is 19.8. The van der Waals surface area contributed by atoms with E-state index in [9.17, 15) is 20.0 Å². The van der Waals surface area contributed by atoms with Crippen molar-refractivity contribution in [2.75, 3.05) is 0 Å². The van der Waals surface area contributed by atoms with Crippen LogP contribution in [0.2, 0.25) is 0 Å². The number of hydrogen-bond acceptors (Lipinski definition) is 6. The standard InChI is InChI=1S/C20H15N3O4S/c1-12-16(15-4-2-3-5-17(15)21-12)10-18-19(24)22(20(25)28-18)11-13-6-8-14(9-7-13)23(26)27/h2-10,24H,11H2,1H3. The van der Waals surface area contributed by atoms with Crippen molar-refractivity contribution in [1.29, 1.82) is 0 Å².